The Balaban J connectivity index is 1.87. The highest BCUT2D eigenvalue weighted by atomic mass is 35.5. The quantitative estimate of drug-likeness (QED) is 0.756. The molecule has 0 fully saturated rings. The fourth-order valence-corrected chi connectivity index (χ4v) is 4.34. The number of nitrogens with zero attached hydrogens (tertiary/aromatic N) is 2. The van der Waals surface area contributed by atoms with Crippen LogP contribution in [0.3, 0.4) is 0 Å². The van der Waals surface area contributed by atoms with Gasteiger partial charge in [0.05, 0.1) is 16.2 Å². The van der Waals surface area contributed by atoms with Crippen molar-refractivity contribution < 1.29 is 8.42 Å². The summed E-state index contributed by atoms with van der Waals surface area (Å²) < 4.78 is 24.1. The van der Waals surface area contributed by atoms with Crippen LogP contribution in [-0.2, 0) is 34.9 Å². The molecule has 6 heteroatoms. The fourth-order valence-electron chi connectivity index (χ4n) is 3.08. The largest absolute Gasteiger partial charge is 0.228 e. The van der Waals surface area contributed by atoms with Crippen molar-refractivity contribution in [3.05, 3.63) is 57.6 Å². The van der Waals surface area contributed by atoms with Gasteiger partial charge in [0, 0.05) is 12.1 Å². The minimum absolute atomic E-state index is 0.0486. The van der Waals surface area contributed by atoms with E-state index in [1.54, 1.807) is 20.8 Å². The second-order valence-electron chi connectivity index (χ2n) is 7.59. The first-order chi connectivity index (χ1) is 11.7. The molecule has 2 aromatic rings. The summed E-state index contributed by atoms with van der Waals surface area (Å²) in [4.78, 5) is 8.74. The second kappa shape index (κ2) is 6.69. The minimum atomic E-state index is -3.20. The summed E-state index contributed by atoms with van der Waals surface area (Å²) in [5.41, 5.74) is 5.08. The van der Waals surface area contributed by atoms with Crippen LogP contribution in [0.25, 0.3) is 0 Å². The van der Waals surface area contributed by atoms with E-state index in [2.05, 4.69) is 9.97 Å². The maximum Gasteiger partial charge on any atom is 0.222 e. The second-order valence-corrected chi connectivity index (χ2v) is 10.7. The number of hydrogen-bond acceptors (Lipinski definition) is 4. The third-order valence-corrected chi connectivity index (χ3v) is 7.39. The smallest absolute Gasteiger partial charge is 0.222 e. The van der Waals surface area contributed by atoms with E-state index >= 15 is 0 Å². The number of fused-ring (bicyclic) bond motifs is 1. The zero-order chi connectivity index (χ0) is 18.2. The molecule has 1 aliphatic carbocycles. The van der Waals surface area contributed by atoms with Gasteiger partial charge < -0.3 is 0 Å². The van der Waals surface area contributed by atoms with Crippen molar-refractivity contribution in [3.63, 3.8) is 0 Å². The monoisotopic (exact) mass is 378 g/mol. The van der Waals surface area contributed by atoms with E-state index < -0.39 is 14.6 Å². The summed E-state index contributed by atoms with van der Waals surface area (Å²) in [5, 5.41) is 0.294. The van der Waals surface area contributed by atoms with Crippen LogP contribution in [0.1, 0.15) is 55.3 Å². The van der Waals surface area contributed by atoms with Crippen molar-refractivity contribution >= 4 is 21.4 Å². The summed E-state index contributed by atoms with van der Waals surface area (Å²) in [6, 6.07) is 7.74. The Morgan fingerprint density at radius 1 is 1.12 bits per heavy atom. The Morgan fingerprint density at radius 2 is 1.84 bits per heavy atom. The van der Waals surface area contributed by atoms with Crippen molar-refractivity contribution in [2.75, 3.05) is 0 Å². The molecule has 134 valence electrons. The molecule has 1 aromatic carbocycles. The number of sulfone groups is 1. The molecule has 0 aliphatic heterocycles. The molecular formula is C19H23ClN2O2S. The maximum atomic E-state index is 12.5. The summed E-state index contributed by atoms with van der Waals surface area (Å²) in [5.74, 6) is 0.0486. The summed E-state index contributed by atoms with van der Waals surface area (Å²) in [6.07, 6.45) is 3.67. The molecule has 0 spiro atoms. The lowest BCUT2D eigenvalue weighted by Crippen LogP contribution is -2.29. The SMILES string of the molecule is CC(C)(C)S(=O)(=O)Cc1cccc(Cc2nc(Cl)nc3c2CCC3)c1. The molecule has 0 saturated heterocycles. The molecule has 1 heterocycles. The molecule has 1 aromatic heterocycles. The maximum absolute atomic E-state index is 12.5. The normalized spacial score (nSPS) is 14.6. The van der Waals surface area contributed by atoms with Gasteiger partial charge in [-0.25, -0.2) is 18.4 Å². The van der Waals surface area contributed by atoms with E-state index in [1.807, 2.05) is 24.3 Å². The molecule has 4 nitrogen and oxygen atoms in total. The minimum Gasteiger partial charge on any atom is -0.228 e. The van der Waals surface area contributed by atoms with E-state index in [4.69, 9.17) is 11.6 Å². The molecule has 1 aliphatic rings. The van der Waals surface area contributed by atoms with Gasteiger partial charge in [-0.2, -0.15) is 0 Å². The van der Waals surface area contributed by atoms with Gasteiger partial charge in [0.15, 0.2) is 9.84 Å². The Labute approximate surface area is 154 Å². The van der Waals surface area contributed by atoms with Crippen LogP contribution in [0.5, 0.6) is 0 Å². The van der Waals surface area contributed by atoms with Gasteiger partial charge in [-0.15, -0.1) is 0 Å². The average Bonchev–Trinajstić information content (AvgIpc) is 2.94. The Hall–Kier alpha value is -1.46. The average molecular weight is 379 g/mol. The first kappa shape index (κ1) is 18.3. The first-order valence-electron chi connectivity index (χ1n) is 8.50. The number of hydrogen-bond donors (Lipinski definition) is 0. The Kier molecular flexibility index (Phi) is 4.91. The van der Waals surface area contributed by atoms with E-state index in [-0.39, 0.29) is 5.75 Å². The van der Waals surface area contributed by atoms with Crippen LogP contribution >= 0.6 is 11.6 Å². The van der Waals surface area contributed by atoms with E-state index in [9.17, 15) is 8.42 Å². The molecule has 0 atom stereocenters. The van der Waals surface area contributed by atoms with Gasteiger partial charge >= 0.3 is 0 Å². The fraction of sp³-hybridized carbons (Fsp3) is 0.474. The number of halogens is 1. The molecule has 0 bridgehead atoms. The lowest BCUT2D eigenvalue weighted by Gasteiger charge is -2.19. The van der Waals surface area contributed by atoms with Crippen molar-refractivity contribution in [3.8, 4) is 0 Å². The highest BCUT2D eigenvalue weighted by Gasteiger charge is 2.29. The highest BCUT2D eigenvalue weighted by molar-refractivity contribution is 7.91. The molecule has 0 radical (unpaired) electrons. The zero-order valence-electron chi connectivity index (χ0n) is 14.8. The summed E-state index contributed by atoms with van der Waals surface area (Å²) in [7, 11) is -3.20. The van der Waals surface area contributed by atoms with Crippen LogP contribution in [0, 0.1) is 0 Å². The van der Waals surface area contributed by atoms with Gasteiger partial charge in [0.2, 0.25) is 5.28 Å². The van der Waals surface area contributed by atoms with Crippen molar-refractivity contribution in [1.82, 2.24) is 9.97 Å². The van der Waals surface area contributed by atoms with Gasteiger partial charge in [0.25, 0.3) is 0 Å². The van der Waals surface area contributed by atoms with E-state index in [1.165, 1.54) is 5.56 Å². The molecule has 0 unspecified atom stereocenters. The number of rotatable bonds is 4. The van der Waals surface area contributed by atoms with Crippen molar-refractivity contribution in [2.24, 2.45) is 0 Å². The number of aryl methyl sites for hydroxylation is 1. The summed E-state index contributed by atoms with van der Waals surface area (Å²) >= 11 is 6.06. The Morgan fingerprint density at radius 3 is 2.56 bits per heavy atom. The van der Waals surface area contributed by atoms with Gasteiger partial charge in [-0.3, -0.25) is 0 Å². The van der Waals surface area contributed by atoms with Crippen molar-refractivity contribution in [2.45, 2.75) is 57.0 Å². The number of aromatic nitrogens is 2. The van der Waals surface area contributed by atoms with Crippen LogP contribution in [0.2, 0.25) is 5.28 Å². The standard InChI is InChI=1S/C19H23ClN2O2S/c1-19(2,3)25(23,24)12-14-7-4-6-13(10-14)11-17-15-8-5-9-16(15)21-18(20)22-17/h4,6-7,10H,5,8-9,11-12H2,1-3H3. The predicted octanol–water partition coefficient (Wildman–Crippen LogP) is 3.92. The highest BCUT2D eigenvalue weighted by Crippen LogP contribution is 2.26. The van der Waals surface area contributed by atoms with Crippen LogP contribution in [0.15, 0.2) is 24.3 Å². The van der Waals surface area contributed by atoms with E-state index in [0.29, 0.717) is 11.7 Å². The van der Waals surface area contributed by atoms with E-state index in [0.717, 1.165) is 41.8 Å². The van der Waals surface area contributed by atoms with Gasteiger partial charge in [-0.1, -0.05) is 24.3 Å². The van der Waals surface area contributed by atoms with Crippen LogP contribution < -0.4 is 0 Å². The topological polar surface area (TPSA) is 59.9 Å². The predicted molar refractivity (Wildman–Crippen MR) is 101 cm³/mol. The number of benzene rings is 1. The third-order valence-electron chi connectivity index (χ3n) is 4.64. The first-order valence-corrected chi connectivity index (χ1v) is 10.5. The molecular weight excluding hydrogens is 356 g/mol. The van der Waals surface area contributed by atoms with Gasteiger partial charge in [0.1, 0.15) is 0 Å². The van der Waals surface area contributed by atoms with Crippen LogP contribution in [0.4, 0.5) is 0 Å². The van der Waals surface area contributed by atoms with Crippen molar-refractivity contribution in [1.29, 1.82) is 0 Å². The van der Waals surface area contributed by atoms with Gasteiger partial charge in [-0.05, 0) is 68.3 Å². The molecule has 25 heavy (non-hydrogen) atoms. The molecule has 0 N–H and O–H groups in total. The zero-order valence-corrected chi connectivity index (χ0v) is 16.4. The Bertz CT molecular complexity index is 902. The summed E-state index contributed by atoms with van der Waals surface area (Å²) in [6.45, 7) is 5.20. The lowest BCUT2D eigenvalue weighted by atomic mass is 10.0. The third kappa shape index (κ3) is 4.04. The molecule has 3 rings (SSSR count). The molecule has 0 saturated carbocycles. The lowest BCUT2D eigenvalue weighted by molar-refractivity contribution is 0.559. The van der Waals surface area contributed by atoms with Crippen LogP contribution in [-0.4, -0.2) is 23.1 Å². The molecule has 0 amide bonds.